The summed E-state index contributed by atoms with van der Waals surface area (Å²) in [7, 11) is 0. The Morgan fingerprint density at radius 3 is 2.84 bits per heavy atom. The number of furan rings is 1. The average Bonchev–Trinajstić information content (AvgIpc) is 2.93. The maximum absolute atomic E-state index is 5.37. The summed E-state index contributed by atoms with van der Waals surface area (Å²) in [5, 5.41) is 3.48. The molecule has 0 aliphatic heterocycles. The fourth-order valence-corrected chi connectivity index (χ4v) is 1.93. The molecule has 1 N–H and O–H groups in total. The Labute approximate surface area is 117 Å². The van der Waals surface area contributed by atoms with Gasteiger partial charge in [-0.2, -0.15) is 0 Å². The zero-order valence-electron chi connectivity index (χ0n) is 12.4. The van der Waals surface area contributed by atoms with Crippen molar-refractivity contribution in [1.29, 1.82) is 0 Å². The highest BCUT2D eigenvalue weighted by atomic mass is 16.5. The van der Waals surface area contributed by atoms with E-state index in [1.54, 1.807) is 6.26 Å². The van der Waals surface area contributed by atoms with Crippen molar-refractivity contribution in [2.75, 3.05) is 39.4 Å². The van der Waals surface area contributed by atoms with Crippen molar-refractivity contribution in [3.8, 4) is 0 Å². The van der Waals surface area contributed by atoms with E-state index < -0.39 is 0 Å². The number of hydrogen-bond donors (Lipinski definition) is 1. The van der Waals surface area contributed by atoms with Crippen LogP contribution in [0.25, 0.3) is 0 Å². The van der Waals surface area contributed by atoms with Crippen molar-refractivity contribution in [2.24, 2.45) is 0 Å². The summed E-state index contributed by atoms with van der Waals surface area (Å²) in [6, 6.07) is 3.98. The molecule has 0 aliphatic rings. The Hall–Kier alpha value is -0.840. The molecule has 0 amide bonds. The summed E-state index contributed by atoms with van der Waals surface area (Å²) in [5.41, 5.74) is 0. The third kappa shape index (κ3) is 8.03. The molecule has 0 radical (unpaired) electrons. The van der Waals surface area contributed by atoms with Crippen molar-refractivity contribution in [3.05, 3.63) is 24.2 Å². The fourth-order valence-electron chi connectivity index (χ4n) is 1.93. The van der Waals surface area contributed by atoms with Crippen molar-refractivity contribution in [1.82, 2.24) is 10.2 Å². The van der Waals surface area contributed by atoms with Crippen molar-refractivity contribution < 1.29 is 9.15 Å². The van der Waals surface area contributed by atoms with Crippen LogP contribution in [0.1, 0.15) is 32.4 Å². The van der Waals surface area contributed by atoms with Crippen LogP contribution in [0.5, 0.6) is 0 Å². The lowest BCUT2D eigenvalue weighted by Gasteiger charge is -2.19. The first-order chi connectivity index (χ1) is 9.36. The van der Waals surface area contributed by atoms with Crippen molar-refractivity contribution >= 4 is 0 Å². The Kier molecular flexibility index (Phi) is 9.41. The molecule has 0 bridgehead atoms. The van der Waals surface area contributed by atoms with E-state index >= 15 is 0 Å². The van der Waals surface area contributed by atoms with Gasteiger partial charge in [-0.1, -0.05) is 6.92 Å². The van der Waals surface area contributed by atoms with E-state index in [0.717, 1.165) is 58.1 Å². The van der Waals surface area contributed by atoms with E-state index in [-0.39, 0.29) is 0 Å². The lowest BCUT2D eigenvalue weighted by atomic mass is 10.3. The quantitative estimate of drug-likeness (QED) is 0.591. The predicted molar refractivity (Wildman–Crippen MR) is 78.3 cm³/mol. The first-order valence-electron chi connectivity index (χ1n) is 7.40. The average molecular weight is 268 g/mol. The minimum absolute atomic E-state index is 0.825. The smallest absolute Gasteiger partial charge is 0.117 e. The van der Waals surface area contributed by atoms with Gasteiger partial charge in [0.05, 0.1) is 12.8 Å². The molecule has 0 aromatic carbocycles. The summed E-state index contributed by atoms with van der Waals surface area (Å²) in [6.07, 6.45) is 4.06. The van der Waals surface area contributed by atoms with Crippen LogP contribution >= 0.6 is 0 Å². The highest BCUT2D eigenvalue weighted by Gasteiger charge is 2.04. The third-order valence-corrected chi connectivity index (χ3v) is 3.11. The number of nitrogens with zero attached hydrogens (tertiary/aromatic N) is 1. The molecule has 1 heterocycles. The standard InChI is InChI=1S/C15H28N2O2/c1-3-17(14-15-8-7-13-19-15)11-10-16-9-5-6-12-18-4-2/h7-8,13,16H,3-6,9-12,14H2,1-2H3. The van der Waals surface area contributed by atoms with Gasteiger partial charge in [-0.05, 0) is 45.0 Å². The largest absolute Gasteiger partial charge is 0.468 e. The van der Waals surface area contributed by atoms with Gasteiger partial charge < -0.3 is 14.5 Å². The molecule has 1 aromatic rings. The Bertz CT molecular complexity index is 288. The molecule has 0 spiro atoms. The van der Waals surface area contributed by atoms with Gasteiger partial charge in [-0.15, -0.1) is 0 Å². The number of likely N-dealkylation sites (N-methyl/N-ethyl adjacent to an activating group) is 1. The van der Waals surface area contributed by atoms with Crippen LogP contribution in [0, 0.1) is 0 Å². The molecule has 0 aliphatic carbocycles. The van der Waals surface area contributed by atoms with Gasteiger partial charge in [0.2, 0.25) is 0 Å². The van der Waals surface area contributed by atoms with Crippen LogP contribution in [-0.4, -0.2) is 44.3 Å². The summed E-state index contributed by atoms with van der Waals surface area (Å²) in [4.78, 5) is 2.38. The zero-order valence-corrected chi connectivity index (χ0v) is 12.4. The van der Waals surface area contributed by atoms with Gasteiger partial charge in [0.15, 0.2) is 0 Å². The predicted octanol–water partition coefficient (Wildman–Crippen LogP) is 2.51. The maximum atomic E-state index is 5.37. The number of hydrogen-bond acceptors (Lipinski definition) is 4. The van der Waals surface area contributed by atoms with Gasteiger partial charge >= 0.3 is 0 Å². The van der Waals surface area contributed by atoms with E-state index in [1.165, 1.54) is 6.42 Å². The number of ether oxygens (including phenoxy) is 1. The fraction of sp³-hybridized carbons (Fsp3) is 0.733. The highest BCUT2D eigenvalue weighted by Crippen LogP contribution is 2.04. The molecular formula is C15H28N2O2. The molecule has 0 saturated carbocycles. The summed E-state index contributed by atoms with van der Waals surface area (Å²) in [5.74, 6) is 1.04. The molecule has 1 rings (SSSR count). The van der Waals surface area contributed by atoms with E-state index in [4.69, 9.17) is 9.15 Å². The van der Waals surface area contributed by atoms with Crippen molar-refractivity contribution in [2.45, 2.75) is 33.2 Å². The van der Waals surface area contributed by atoms with Crippen LogP contribution in [0.3, 0.4) is 0 Å². The van der Waals surface area contributed by atoms with Crippen LogP contribution in [0.2, 0.25) is 0 Å². The Morgan fingerprint density at radius 1 is 1.26 bits per heavy atom. The lowest BCUT2D eigenvalue weighted by Crippen LogP contribution is -2.32. The van der Waals surface area contributed by atoms with Gasteiger partial charge in [-0.25, -0.2) is 0 Å². The second-order valence-electron chi connectivity index (χ2n) is 4.60. The molecule has 4 heteroatoms. The summed E-state index contributed by atoms with van der Waals surface area (Å²) < 4.78 is 10.7. The van der Waals surface area contributed by atoms with Crippen molar-refractivity contribution in [3.63, 3.8) is 0 Å². The van der Waals surface area contributed by atoms with Crippen LogP contribution < -0.4 is 5.32 Å². The highest BCUT2D eigenvalue weighted by molar-refractivity contribution is 4.97. The molecule has 0 unspecified atom stereocenters. The first kappa shape index (κ1) is 16.2. The van der Waals surface area contributed by atoms with E-state index in [9.17, 15) is 0 Å². The Balaban J connectivity index is 1.97. The molecule has 110 valence electrons. The zero-order chi connectivity index (χ0) is 13.8. The summed E-state index contributed by atoms with van der Waals surface area (Å²) in [6.45, 7) is 11.0. The van der Waals surface area contributed by atoms with Gasteiger partial charge in [0.1, 0.15) is 5.76 Å². The molecule has 4 nitrogen and oxygen atoms in total. The van der Waals surface area contributed by atoms with Gasteiger partial charge in [0.25, 0.3) is 0 Å². The molecular weight excluding hydrogens is 240 g/mol. The molecule has 0 saturated heterocycles. The van der Waals surface area contributed by atoms with Gasteiger partial charge in [-0.3, -0.25) is 4.90 Å². The van der Waals surface area contributed by atoms with Crippen LogP contribution in [0.4, 0.5) is 0 Å². The lowest BCUT2D eigenvalue weighted by molar-refractivity contribution is 0.143. The second-order valence-corrected chi connectivity index (χ2v) is 4.60. The normalized spacial score (nSPS) is 11.3. The number of rotatable bonds is 12. The second kappa shape index (κ2) is 11.0. The topological polar surface area (TPSA) is 37.6 Å². The number of unbranched alkanes of at least 4 members (excludes halogenated alkanes) is 1. The minimum atomic E-state index is 0.825. The Morgan fingerprint density at radius 2 is 2.16 bits per heavy atom. The monoisotopic (exact) mass is 268 g/mol. The van der Waals surface area contributed by atoms with E-state index in [1.807, 2.05) is 19.1 Å². The van der Waals surface area contributed by atoms with Gasteiger partial charge in [0, 0.05) is 26.3 Å². The molecule has 1 aromatic heterocycles. The van der Waals surface area contributed by atoms with E-state index in [2.05, 4.69) is 17.1 Å². The number of nitrogens with one attached hydrogen (secondary N) is 1. The SMILES string of the molecule is CCOCCCCNCCN(CC)Cc1ccco1. The summed E-state index contributed by atoms with van der Waals surface area (Å²) >= 11 is 0. The minimum Gasteiger partial charge on any atom is -0.468 e. The van der Waals surface area contributed by atoms with Crippen LogP contribution in [0.15, 0.2) is 22.8 Å². The molecule has 19 heavy (non-hydrogen) atoms. The molecule has 0 atom stereocenters. The molecule has 0 fully saturated rings. The first-order valence-corrected chi connectivity index (χ1v) is 7.40. The van der Waals surface area contributed by atoms with E-state index in [0.29, 0.717) is 0 Å². The maximum Gasteiger partial charge on any atom is 0.117 e. The third-order valence-electron chi connectivity index (χ3n) is 3.11. The van der Waals surface area contributed by atoms with Crippen LogP contribution in [-0.2, 0) is 11.3 Å².